The van der Waals surface area contributed by atoms with Gasteiger partial charge in [0.25, 0.3) is 0 Å². The van der Waals surface area contributed by atoms with Crippen LogP contribution in [0.3, 0.4) is 0 Å². The molecule has 114 valence electrons. The lowest BCUT2D eigenvalue weighted by atomic mass is 9.85. The molecule has 2 unspecified atom stereocenters. The second-order valence-electron chi connectivity index (χ2n) is 6.98. The number of hydrogen-bond acceptors (Lipinski definition) is 2. The highest BCUT2D eigenvalue weighted by molar-refractivity contribution is 5.24. The minimum Gasteiger partial charge on any atom is -0.336 e. The molecule has 0 radical (unpaired) electrons. The van der Waals surface area contributed by atoms with Crippen molar-refractivity contribution >= 4 is 0 Å². The van der Waals surface area contributed by atoms with Gasteiger partial charge in [0.1, 0.15) is 0 Å². The van der Waals surface area contributed by atoms with Crippen LogP contribution in [-0.4, -0.2) is 15.6 Å². The predicted molar refractivity (Wildman–Crippen MR) is 88.2 cm³/mol. The van der Waals surface area contributed by atoms with E-state index in [1.54, 1.807) is 0 Å². The maximum absolute atomic E-state index is 4.14. The Morgan fingerprint density at radius 3 is 2.62 bits per heavy atom. The van der Waals surface area contributed by atoms with Gasteiger partial charge >= 0.3 is 0 Å². The van der Waals surface area contributed by atoms with E-state index in [4.69, 9.17) is 0 Å². The fourth-order valence-corrected chi connectivity index (χ4v) is 2.52. The summed E-state index contributed by atoms with van der Waals surface area (Å²) in [6, 6.07) is 9.43. The van der Waals surface area contributed by atoms with Crippen LogP contribution >= 0.6 is 0 Å². The Balaban J connectivity index is 2.11. The Kier molecular flexibility index (Phi) is 4.84. The van der Waals surface area contributed by atoms with Gasteiger partial charge in [0.05, 0.1) is 6.33 Å². The van der Waals surface area contributed by atoms with Crippen LogP contribution in [0.15, 0.2) is 43.0 Å². The van der Waals surface area contributed by atoms with E-state index >= 15 is 0 Å². The summed E-state index contributed by atoms with van der Waals surface area (Å²) in [6.07, 6.45) is 5.75. The summed E-state index contributed by atoms with van der Waals surface area (Å²) in [5.41, 5.74) is 2.83. The summed E-state index contributed by atoms with van der Waals surface area (Å²) in [5.74, 6) is 0. The zero-order chi connectivity index (χ0) is 15.5. The zero-order valence-electron chi connectivity index (χ0n) is 13.8. The van der Waals surface area contributed by atoms with Crippen LogP contribution < -0.4 is 5.32 Å². The van der Waals surface area contributed by atoms with Crippen LogP contribution in [0.1, 0.15) is 44.9 Å². The van der Waals surface area contributed by atoms with Crippen molar-refractivity contribution in [3.8, 4) is 0 Å². The maximum atomic E-state index is 4.14. The molecule has 0 spiro atoms. The van der Waals surface area contributed by atoms with Gasteiger partial charge in [-0.25, -0.2) is 4.98 Å². The summed E-state index contributed by atoms with van der Waals surface area (Å²) in [5, 5.41) is 3.79. The second kappa shape index (κ2) is 6.44. The molecule has 2 atom stereocenters. The normalized spacial score (nSPS) is 14.9. The first-order valence-corrected chi connectivity index (χ1v) is 7.64. The second-order valence-corrected chi connectivity index (χ2v) is 6.98. The van der Waals surface area contributed by atoms with Crippen molar-refractivity contribution in [1.29, 1.82) is 0 Å². The van der Waals surface area contributed by atoms with E-state index < -0.39 is 0 Å². The van der Waals surface area contributed by atoms with Gasteiger partial charge in [-0.05, 0) is 24.8 Å². The molecule has 0 aliphatic carbocycles. The molecule has 1 N–H and O–H groups in total. The molecular formula is C18H27N3. The van der Waals surface area contributed by atoms with Crippen LogP contribution in [0.25, 0.3) is 0 Å². The average molecular weight is 285 g/mol. The lowest BCUT2D eigenvalue weighted by molar-refractivity contribution is 0.225. The van der Waals surface area contributed by atoms with Crippen molar-refractivity contribution in [3.05, 3.63) is 54.1 Å². The van der Waals surface area contributed by atoms with E-state index in [0.29, 0.717) is 12.1 Å². The summed E-state index contributed by atoms with van der Waals surface area (Å²) < 4.78 is 2.14. The van der Waals surface area contributed by atoms with Gasteiger partial charge in [-0.1, -0.05) is 50.6 Å². The molecule has 1 aromatic heterocycles. The lowest BCUT2D eigenvalue weighted by Crippen LogP contribution is -2.44. The van der Waals surface area contributed by atoms with Crippen molar-refractivity contribution < 1.29 is 0 Å². The molecule has 2 rings (SSSR count). The molecule has 1 heterocycles. The average Bonchev–Trinajstić information content (AvgIpc) is 2.89. The largest absolute Gasteiger partial charge is 0.336 e. The number of nitrogens with zero attached hydrogens (tertiary/aromatic N) is 2. The number of imidazole rings is 1. The smallest absolute Gasteiger partial charge is 0.0946 e. The topological polar surface area (TPSA) is 29.9 Å². The monoisotopic (exact) mass is 285 g/mol. The number of aryl methyl sites for hydroxylation is 1. The molecule has 1 aromatic carbocycles. The molecule has 21 heavy (non-hydrogen) atoms. The molecule has 0 saturated heterocycles. The Bertz CT molecular complexity index is 552. The van der Waals surface area contributed by atoms with Crippen LogP contribution in [-0.2, 0) is 6.54 Å². The Morgan fingerprint density at radius 2 is 2.05 bits per heavy atom. The van der Waals surface area contributed by atoms with Gasteiger partial charge in [-0.2, -0.15) is 0 Å². The van der Waals surface area contributed by atoms with Crippen LogP contribution in [0.2, 0.25) is 0 Å². The van der Waals surface area contributed by atoms with E-state index in [0.717, 1.165) is 6.54 Å². The van der Waals surface area contributed by atoms with E-state index in [2.05, 4.69) is 73.8 Å². The third-order valence-corrected chi connectivity index (χ3v) is 3.99. The highest BCUT2D eigenvalue weighted by Gasteiger charge is 2.26. The van der Waals surface area contributed by atoms with Crippen molar-refractivity contribution in [3.63, 3.8) is 0 Å². The zero-order valence-corrected chi connectivity index (χ0v) is 13.8. The third-order valence-electron chi connectivity index (χ3n) is 3.99. The van der Waals surface area contributed by atoms with Crippen LogP contribution in [0.5, 0.6) is 0 Å². The SMILES string of the molecule is Cc1cccc(C(C)NC(Cn2ccnc2)C(C)(C)C)c1. The first kappa shape index (κ1) is 15.8. The summed E-state index contributed by atoms with van der Waals surface area (Å²) in [7, 11) is 0. The molecule has 3 heteroatoms. The summed E-state index contributed by atoms with van der Waals surface area (Å²) in [4.78, 5) is 4.14. The Hall–Kier alpha value is -1.61. The van der Waals surface area contributed by atoms with E-state index in [-0.39, 0.29) is 5.41 Å². The minimum atomic E-state index is 0.183. The fourth-order valence-electron chi connectivity index (χ4n) is 2.52. The Labute approximate surface area is 128 Å². The molecule has 0 aliphatic heterocycles. The quantitative estimate of drug-likeness (QED) is 0.901. The van der Waals surface area contributed by atoms with Gasteiger partial charge < -0.3 is 9.88 Å². The number of aromatic nitrogens is 2. The minimum absolute atomic E-state index is 0.183. The van der Waals surface area contributed by atoms with Crippen molar-refractivity contribution in [1.82, 2.24) is 14.9 Å². The third kappa shape index (κ3) is 4.43. The molecule has 0 fully saturated rings. The van der Waals surface area contributed by atoms with Gasteiger partial charge in [-0.3, -0.25) is 0 Å². The standard InChI is InChI=1S/C18H27N3/c1-14-7-6-8-16(11-14)15(2)20-17(18(3,4)5)12-21-10-9-19-13-21/h6-11,13,15,17,20H,12H2,1-5H3. The Morgan fingerprint density at radius 1 is 1.29 bits per heavy atom. The number of nitrogens with one attached hydrogen (secondary N) is 1. The first-order valence-electron chi connectivity index (χ1n) is 7.64. The number of hydrogen-bond donors (Lipinski definition) is 1. The van der Waals surface area contributed by atoms with E-state index in [1.165, 1.54) is 11.1 Å². The molecule has 0 aliphatic rings. The van der Waals surface area contributed by atoms with Gasteiger partial charge in [0, 0.05) is 31.0 Å². The molecule has 3 nitrogen and oxygen atoms in total. The maximum Gasteiger partial charge on any atom is 0.0946 e. The molecule has 0 amide bonds. The van der Waals surface area contributed by atoms with Gasteiger partial charge in [0.15, 0.2) is 0 Å². The first-order chi connectivity index (χ1) is 9.86. The van der Waals surface area contributed by atoms with Crippen LogP contribution in [0, 0.1) is 12.3 Å². The number of rotatable bonds is 5. The lowest BCUT2D eigenvalue weighted by Gasteiger charge is -2.34. The molecule has 0 bridgehead atoms. The van der Waals surface area contributed by atoms with E-state index in [1.807, 2.05) is 18.7 Å². The molecule has 2 aromatic rings. The van der Waals surface area contributed by atoms with Crippen molar-refractivity contribution in [2.75, 3.05) is 0 Å². The van der Waals surface area contributed by atoms with Gasteiger partial charge in [-0.15, -0.1) is 0 Å². The van der Waals surface area contributed by atoms with E-state index in [9.17, 15) is 0 Å². The number of benzene rings is 1. The van der Waals surface area contributed by atoms with Crippen molar-refractivity contribution in [2.45, 2.75) is 53.2 Å². The highest BCUT2D eigenvalue weighted by Crippen LogP contribution is 2.24. The molecular weight excluding hydrogens is 258 g/mol. The van der Waals surface area contributed by atoms with Crippen LogP contribution in [0.4, 0.5) is 0 Å². The summed E-state index contributed by atoms with van der Waals surface area (Å²) in [6.45, 7) is 12.2. The highest BCUT2D eigenvalue weighted by atomic mass is 15.1. The molecule has 0 saturated carbocycles. The fraction of sp³-hybridized carbons (Fsp3) is 0.500. The summed E-state index contributed by atoms with van der Waals surface area (Å²) >= 11 is 0. The van der Waals surface area contributed by atoms with Gasteiger partial charge in [0.2, 0.25) is 0 Å². The predicted octanol–water partition coefficient (Wildman–Crippen LogP) is 3.96. The van der Waals surface area contributed by atoms with Crippen molar-refractivity contribution in [2.24, 2.45) is 5.41 Å².